The van der Waals surface area contributed by atoms with Gasteiger partial charge in [0, 0.05) is 15.7 Å². The van der Waals surface area contributed by atoms with E-state index in [9.17, 15) is 4.79 Å². The van der Waals surface area contributed by atoms with Crippen molar-refractivity contribution in [3.8, 4) is 17.1 Å². The Labute approximate surface area is 183 Å². The number of aryl methyl sites for hydroxylation is 2. The summed E-state index contributed by atoms with van der Waals surface area (Å²) in [4.78, 5) is 17.6. The molecule has 0 fully saturated rings. The predicted molar refractivity (Wildman–Crippen MR) is 123 cm³/mol. The average molecular weight is 461 g/mol. The van der Waals surface area contributed by atoms with E-state index in [0.717, 1.165) is 38.1 Å². The van der Waals surface area contributed by atoms with Crippen molar-refractivity contribution in [2.75, 3.05) is 5.32 Å². The SMILES string of the molecule is Cc1ccccc1-n1nc(C(=O)Nc2cccc(C)c2C)nc1-c1ccc(Br)cc1. The van der Waals surface area contributed by atoms with E-state index in [1.54, 1.807) is 4.68 Å². The molecule has 0 radical (unpaired) electrons. The van der Waals surface area contributed by atoms with E-state index in [0.29, 0.717) is 5.82 Å². The summed E-state index contributed by atoms with van der Waals surface area (Å²) < 4.78 is 2.71. The van der Waals surface area contributed by atoms with Gasteiger partial charge in [-0.3, -0.25) is 4.79 Å². The molecule has 0 aliphatic heterocycles. The summed E-state index contributed by atoms with van der Waals surface area (Å²) in [5, 5.41) is 7.52. The number of benzene rings is 3. The molecule has 5 nitrogen and oxygen atoms in total. The van der Waals surface area contributed by atoms with Gasteiger partial charge in [-0.2, -0.15) is 0 Å². The lowest BCUT2D eigenvalue weighted by atomic mass is 10.1. The molecule has 0 bridgehead atoms. The van der Waals surface area contributed by atoms with Gasteiger partial charge in [-0.1, -0.05) is 58.4 Å². The smallest absolute Gasteiger partial charge is 0.295 e. The molecule has 4 rings (SSSR count). The molecule has 0 atom stereocenters. The number of hydrogen-bond acceptors (Lipinski definition) is 3. The molecule has 0 unspecified atom stereocenters. The maximum absolute atomic E-state index is 13.0. The number of carbonyl (C=O) groups is 1. The zero-order valence-corrected chi connectivity index (χ0v) is 18.6. The van der Waals surface area contributed by atoms with Crippen LogP contribution in [-0.4, -0.2) is 20.7 Å². The first-order chi connectivity index (χ1) is 14.4. The van der Waals surface area contributed by atoms with Gasteiger partial charge in [0.2, 0.25) is 5.82 Å². The number of anilines is 1. The highest BCUT2D eigenvalue weighted by atomic mass is 79.9. The van der Waals surface area contributed by atoms with Crippen LogP contribution in [0.2, 0.25) is 0 Å². The Balaban J connectivity index is 1.79. The zero-order valence-electron chi connectivity index (χ0n) is 17.0. The van der Waals surface area contributed by atoms with E-state index in [1.165, 1.54) is 0 Å². The van der Waals surface area contributed by atoms with Crippen LogP contribution in [0.4, 0.5) is 5.69 Å². The fraction of sp³-hybridized carbons (Fsp3) is 0.125. The molecule has 0 spiro atoms. The van der Waals surface area contributed by atoms with Crippen LogP contribution >= 0.6 is 15.9 Å². The topological polar surface area (TPSA) is 59.8 Å². The van der Waals surface area contributed by atoms with E-state index >= 15 is 0 Å². The Morgan fingerprint density at radius 1 is 0.900 bits per heavy atom. The Hall–Kier alpha value is -3.25. The van der Waals surface area contributed by atoms with Gasteiger partial charge in [0.25, 0.3) is 5.91 Å². The van der Waals surface area contributed by atoms with Gasteiger partial charge in [-0.05, 0) is 61.7 Å². The number of para-hydroxylation sites is 1. The molecule has 0 aliphatic carbocycles. The van der Waals surface area contributed by atoms with Crippen LogP contribution < -0.4 is 5.32 Å². The summed E-state index contributed by atoms with van der Waals surface area (Å²) in [6, 6.07) is 21.5. The third-order valence-electron chi connectivity index (χ3n) is 5.11. The maximum Gasteiger partial charge on any atom is 0.295 e. The van der Waals surface area contributed by atoms with Crippen molar-refractivity contribution in [1.29, 1.82) is 0 Å². The summed E-state index contributed by atoms with van der Waals surface area (Å²) in [6.45, 7) is 6.01. The van der Waals surface area contributed by atoms with Crippen LogP contribution in [-0.2, 0) is 0 Å². The van der Waals surface area contributed by atoms with Gasteiger partial charge < -0.3 is 5.32 Å². The van der Waals surface area contributed by atoms with Crippen molar-refractivity contribution in [3.63, 3.8) is 0 Å². The van der Waals surface area contributed by atoms with Gasteiger partial charge in [-0.25, -0.2) is 9.67 Å². The molecule has 6 heteroatoms. The third-order valence-corrected chi connectivity index (χ3v) is 5.64. The summed E-state index contributed by atoms with van der Waals surface area (Å²) in [6.07, 6.45) is 0. The van der Waals surface area contributed by atoms with Gasteiger partial charge in [0.1, 0.15) is 0 Å². The van der Waals surface area contributed by atoms with E-state index in [-0.39, 0.29) is 11.7 Å². The second kappa shape index (κ2) is 8.24. The van der Waals surface area contributed by atoms with Gasteiger partial charge in [0.15, 0.2) is 5.82 Å². The van der Waals surface area contributed by atoms with Crippen molar-refractivity contribution >= 4 is 27.5 Å². The highest BCUT2D eigenvalue weighted by Gasteiger charge is 2.20. The second-order valence-electron chi connectivity index (χ2n) is 7.17. The number of amides is 1. The normalized spacial score (nSPS) is 10.8. The number of hydrogen-bond donors (Lipinski definition) is 1. The number of carbonyl (C=O) groups excluding carboxylic acids is 1. The van der Waals surface area contributed by atoms with Crippen molar-refractivity contribution in [2.24, 2.45) is 0 Å². The maximum atomic E-state index is 13.0. The van der Waals surface area contributed by atoms with Crippen LogP contribution in [0.15, 0.2) is 71.2 Å². The van der Waals surface area contributed by atoms with E-state index < -0.39 is 0 Å². The second-order valence-corrected chi connectivity index (χ2v) is 8.08. The molecule has 1 heterocycles. The predicted octanol–water partition coefficient (Wildman–Crippen LogP) is 5.87. The highest BCUT2D eigenvalue weighted by Crippen LogP contribution is 2.25. The van der Waals surface area contributed by atoms with E-state index in [1.807, 2.05) is 87.5 Å². The van der Waals surface area contributed by atoms with Crippen molar-refractivity contribution < 1.29 is 4.79 Å². The molecule has 4 aromatic rings. The summed E-state index contributed by atoms with van der Waals surface area (Å²) in [7, 11) is 0. The van der Waals surface area contributed by atoms with E-state index in [4.69, 9.17) is 0 Å². The largest absolute Gasteiger partial charge is 0.319 e. The summed E-state index contributed by atoms with van der Waals surface area (Å²) in [5.74, 6) is 0.398. The monoisotopic (exact) mass is 460 g/mol. The van der Waals surface area contributed by atoms with Crippen LogP contribution in [0.25, 0.3) is 17.1 Å². The van der Waals surface area contributed by atoms with E-state index in [2.05, 4.69) is 31.3 Å². The number of rotatable bonds is 4. The molecule has 3 aromatic carbocycles. The molecule has 0 saturated carbocycles. The van der Waals surface area contributed by atoms with Crippen LogP contribution in [0.5, 0.6) is 0 Å². The third kappa shape index (κ3) is 3.91. The Bertz CT molecular complexity index is 1230. The van der Waals surface area contributed by atoms with Crippen molar-refractivity contribution in [2.45, 2.75) is 20.8 Å². The van der Waals surface area contributed by atoms with Crippen LogP contribution in [0, 0.1) is 20.8 Å². The molecule has 30 heavy (non-hydrogen) atoms. The minimum Gasteiger partial charge on any atom is -0.319 e. The molecular weight excluding hydrogens is 440 g/mol. The van der Waals surface area contributed by atoms with Gasteiger partial charge >= 0.3 is 0 Å². The molecule has 0 saturated heterocycles. The number of halogens is 1. The molecule has 1 N–H and O–H groups in total. The number of nitrogens with one attached hydrogen (secondary N) is 1. The Morgan fingerprint density at radius 2 is 1.60 bits per heavy atom. The van der Waals surface area contributed by atoms with Gasteiger partial charge in [-0.15, -0.1) is 5.10 Å². The fourth-order valence-electron chi connectivity index (χ4n) is 3.23. The number of nitrogens with zero attached hydrogens (tertiary/aromatic N) is 3. The molecule has 1 aromatic heterocycles. The lowest BCUT2D eigenvalue weighted by molar-refractivity contribution is 0.101. The minimum atomic E-state index is -0.339. The molecule has 150 valence electrons. The summed E-state index contributed by atoms with van der Waals surface area (Å²) in [5.41, 5.74) is 5.70. The number of aromatic nitrogens is 3. The average Bonchev–Trinajstić information content (AvgIpc) is 3.17. The molecular formula is C24H21BrN4O. The first kappa shape index (κ1) is 20.0. The standard InChI is InChI=1S/C24H21BrN4O/c1-15-8-6-9-20(17(15)3)26-24(30)22-27-23(18-11-13-19(25)14-12-18)29(28-22)21-10-5-4-7-16(21)2/h4-14H,1-3H3,(H,26,30). The summed E-state index contributed by atoms with van der Waals surface area (Å²) >= 11 is 3.46. The van der Waals surface area contributed by atoms with Gasteiger partial charge in [0.05, 0.1) is 5.69 Å². The fourth-order valence-corrected chi connectivity index (χ4v) is 3.49. The lowest BCUT2D eigenvalue weighted by Crippen LogP contribution is -2.15. The first-order valence-electron chi connectivity index (χ1n) is 9.60. The lowest BCUT2D eigenvalue weighted by Gasteiger charge is -2.09. The van der Waals surface area contributed by atoms with Crippen LogP contribution in [0.3, 0.4) is 0 Å². The van der Waals surface area contributed by atoms with Crippen LogP contribution in [0.1, 0.15) is 27.3 Å². The minimum absolute atomic E-state index is 0.122. The molecule has 0 aliphatic rings. The zero-order chi connectivity index (χ0) is 21.3. The molecule has 1 amide bonds. The first-order valence-corrected chi connectivity index (χ1v) is 10.4. The Morgan fingerprint density at radius 3 is 2.33 bits per heavy atom. The van der Waals surface area contributed by atoms with Crippen molar-refractivity contribution in [1.82, 2.24) is 14.8 Å². The Kier molecular flexibility index (Phi) is 5.50. The van der Waals surface area contributed by atoms with Crippen molar-refractivity contribution in [3.05, 3.63) is 93.7 Å². The quantitative estimate of drug-likeness (QED) is 0.413. The highest BCUT2D eigenvalue weighted by molar-refractivity contribution is 9.10.